The summed E-state index contributed by atoms with van der Waals surface area (Å²) in [5, 5.41) is 10.3. The smallest absolute Gasteiger partial charge is 0.0543 e. The summed E-state index contributed by atoms with van der Waals surface area (Å²) >= 11 is 0. The average Bonchev–Trinajstić information content (AvgIpc) is 2.97. The van der Waals surface area contributed by atoms with Crippen molar-refractivity contribution < 1.29 is 5.11 Å². The summed E-state index contributed by atoms with van der Waals surface area (Å²) in [5.41, 5.74) is 5.06. The third-order valence-electron chi connectivity index (χ3n) is 11.7. The summed E-state index contributed by atoms with van der Waals surface area (Å²) in [4.78, 5) is 0. The van der Waals surface area contributed by atoms with Crippen LogP contribution in [0.4, 0.5) is 0 Å². The summed E-state index contributed by atoms with van der Waals surface area (Å²) in [6.45, 7) is 17.8. The van der Waals surface area contributed by atoms with Gasteiger partial charge in [-0.1, -0.05) is 72.5 Å². The van der Waals surface area contributed by atoms with Crippen molar-refractivity contribution in [2.45, 2.75) is 125 Å². The summed E-state index contributed by atoms with van der Waals surface area (Å²) in [6, 6.07) is 0. The molecule has 0 radical (unpaired) electrons. The SMILES string of the molecule is CC(C)C(C)CCC(C)C1CCC2(C)C3=C(CCC12C)C1(C)CCC(O)CC1CC3. The minimum atomic E-state index is -0.0420. The standard InChI is InChI=1S/C29H50O/c1-19(2)20(3)8-9-21(4)24-13-16-29(7)26-11-10-22-18-23(30)12-15-27(22,5)25(26)14-17-28(24,29)6/h19-24,30H,8-18H2,1-7H3. The molecular weight excluding hydrogens is 364 g/mol. The Morgan fingerprint density at radius 3 is 2.30 bits per heavy atom. The van der Waals surface area contributed by atoms with E-state index in [1.165, 1.54) is 57.8 Å². The fourth-order valence-electron chi connectivity index (χ4n) is 8.84. The van der Waals surface area contributed by atoms with Crippen molar-refractivity contribution in [3.8, 4) is 0 Å². The zero-order valence-corrected chi connectivity index (χ0v) is 21.2. The van der Waals surface area contributed by atoms with Crippen LogP contribution in [0.25, 0.3) is 0 Å². The Morgan fingerprint density at radius 1 is 0.867 bits per heavy atom. The molecule has 4 aliphatic carbocycles. The number of hydrogen-bond donors (Lipinski definition) is 1. The van der Waals surface area contributed by atoms with E-state index in [0.717, 1.165) is 42.4 Å². The number of aliphatic hydroxyl groups excluding tert-OH is 1. The first-order chi connectivity index (χ1) is 14.0. The van der Waals surface area contributed by atoms with Crippen LogP contribution in [0.15, 0.2) is 11.1 Å². The molecule has 2 saturated carbocycles. The van der Waals surface area contributed by atoms with Gasteiger partial charge < -0.3 is 5.11 Å². The van der Waals surface area contributed by atoms with Crippen molar-refractivity contribution in [3.05, 3.63) is 11.1 Å². The van der Waals surface area contributed by atoms with Crippen LogP contribution in [0.5, 0.6) is 0 Å². The molecule has 30 heavy (non-hydrogen) atoms. The van der Waals surface area contributed by atoms with E-state index in [4.69, 9.17) is 0 Å². The average molecular weight is 415 g/mol. The van der Waals surface area contributed by atoms with Crippen molar-refractivity contribution in [3.63, 3.8) is 0 Å². The third kappa shape index (κ3) is 3.36. The molecule has 172 valence electrons. The molecule has 0 saturated heterocycles. The van der Waals surface area contributed by atoms with Gasteiger partial charge in [-0.2, -0.15) is 0 Å². The van der Waals surface area contributed by atoms with Crippen molar-refractivity contribution >= 4 is 0 Å². The van der Waals surface area contributed by atoms with E-state index in [-0.39, 0.29) is 6.10 Å². The molecule has 4 aliphatic rings. The molecule has 1 nitrogen and oxygen atoms in total. The van der Waals surface area contributed by atoms with Gasteiger partial charge in [-0.25, -0.2) is 0 Å². The van der Waals surface area contributed by atoms with Gasteiger partial charge in [0.25, 0.3) is 0 Å². The Bertz CT molecular complexity index is 676. The van der Waals surface area contributed by atoms with Crippen molar-refractivity contribution in [2.24, 2.45) is 45.8 Å². The lowest BCUT2D eigenvalue weighted by Crippen LogP contribution is -2.49. The Hall–Kier alpha value is -0.300. The molecular formula is C29H50O. The molecule has 0 aromatic rings. The summed E-state index contributed by atoms with van der Waals surface area (Å²) < 4.78 is 0. The molecule has 0 aromatic carbocycles. The largest absolute Gasteiger partial charge is 0.393 e. The highest BCUT2D eigenvalue weighted by Gasteiger charge is 2.61. The van der Waals surface area contributed by atoms with E-state index < -0.39 is 0 Å². The van der Waals surface area contributed by atoms with Crippen molar-refractivity contribution in [1.82, 2.24) is 0 Å². The molecule has 0 amide bonds. The molecule has 0 bridgehead atoms. The Balaban J connectivity index is 1.58. The van der Waals surface area contributed by atoms with E-state index in [9.17, 15) is 5.11 Å². The lowest BCUT2D eigenvalue weighted by Gasteiger charge is -2.59. The first-order valence-electron chi connectivity index (χ1n) is 13.4. The Morgan fingerprint density at radius 2 is 1.60 bits per heavy atom. The van der Waals surface area contributed by atoms with Crippen molar-refractivity contribution in [2.75, 3.05) is 0 Å². The monoisotopic (exact) mass is 414 g/mol. The zero-order valence-electron chi connectivity index (χ0n) is 21.2. The van der Waals surface area contributed by atoms with Gasteiger partial charge in [-0.15, -0.1) is 0 Å². The van der Waals surface area contributed by atoms with Gasteiger partial charge >= 0.3 is 0 Å². The maximum absolute atomic E-state index is 10.3. The molecule has 1 heteroatoms. The highest BCUT2D eigenvalue weighted by Crippen LogP contribution is 2.71. The lowest BCUT2D eigenvalue weighted by atomic mass is 9.46. The Kier molecular flexibility index (Phi) is 6.05. The molecule has 1 N–H and O–H groups in total. The van der Waals surface area contributed by atoms with Gasteiger partial charge in [0.2, 0.25) is 0 Å². The minimum absolute atomic E-state index is 0.0420. The predicted octanol–water partition coefficient (Wildman–Crippen LogP) is 8.17. The second-order valence-electron chi connectivity index (χ2n) is 13.2. The summed E-state index contributed by atoms with van der Waals surface area (Å²) in [7, 11) is 0. The minimum Gasteiger partial charge on any atom is -0.393 e. The Labute approximate surface area is 187 Å². The molecule has 0 aromatic heterocycles. The van der Waals surface area contributed by atoms with Crippen LogP contribution in [-0.2, 0) is 0 Å². The molecule has 0 spiro atoms. The van der Waals surface area contributed by atoms with Gasteiger partial charge in [0, 0.05) is 0 Å². The third-order valence-corrected chi connectivity index (χ3v) is 11.7. The first kappa shape index (κ1) is 22.9. The fourth-order valence-corrected chi connectivity index (χ4v) is 8.84. The van der Waals surface area contributed by atoms with Crippen LogP contribution in [0.1, 0.15) is 119 Å². The van der Waals surface area contributed by atoms with E-state index in [1.54, 1.807) is 0 Å². The second-order valence-corrected chi connectivity index (χ2v) is 13.2. The zero-order chi connectivity index (χ0) is 21.9. The van der Waals surface area contributed by atoms with E-state index in [1.807, 2.05) is 11.1 Å². The van der Waals surface area contributed by atoms with Crippen LogP contribution in [0.3, 0.4) is 0 Å². The number of aliphatic hydroxyl groups is 1. The summed E-state index contributed by atoms with van der Waals surface area (Å²) in [6.07, 6.45) is 14.3. The quantitative estimate of drug-likeness (QED) is 0.450. The van der Waals surface area contributed by atoms with E-state index >= 15 is 0 Å². The molecule has 8 atom stereocenters. The fraction of sp³-hybridized carbons (Fsp3) is 0.931. The van der Waals surface area contributed by atoms with Crippen LogP contribution >= 0.6 is 0 Å². The summed E-state index contributed by atoms with van der Waals surface area (Å²) in [5.74, 6) is 4.15. The molecule has 0 heterocycles. The number of hydrogen-bond acceptors (Lipinski definition) is 1. The van der Waals surface area contributed by atoms with Gasteiger partial charge in [0.05, 0.1) is 6.10 Å². The maximum atomic E-state index is 10.3. The van der Waals surface area contributed by atoms with Gasteiger partial charge in [-0.05, 0) is 104 Å². The van der Waals surface area contributed by atoms with E-state index in [0.29, 0.717) is 16.2 Å². The van der Waals surface area contributed by atoms with Gasteiger partial charge in [0.1, 0.15) is 0 Å². The maximum Gasteiger partial charge on any atom is 0.0543 e. The highest BCUT2D eigenvalue weighted by molar-refractivity contribution is 5.38. The molecule has 2 fully saturated rings. The van der Waals surface area contributed by atoms with Crippen molar-refractivity contribution in [1.29, 1.82) is 0 Å². The topological polar surface area (TPSA) is 20.2 Å². The number of fused-ring (bicyclic) bond motifs is 4. The number of rotatable bonds is 5. The second kappa shape index (κ2) is 7.93. The van der Waals surface area contributed by atoms with E-state index in [2.05, 4.69) is 48.5 Å². The molecule has 4 rings (SSSR count). The van der Waals surface area contributed by atoms with Crippen LogP contribution < -0.4 is 0 Å². The molecule has 0 aliphatic heterocycles. The van der Waals surface area contributed by atoms with Crippen LogP contribution in [-0.4, -0.2) is 11.2 Å². The van der Waals surface area contributed by atoms with Crippen LogP contribution in [0.2, 0.25) is 0 Å². The van der Waals surface area contributed by atoms with Crippen LogP contribution in [0, 0.1) is 45.8 Å². The lowest BCUT2D eigenvalue weighted by molar-refractivity contribution is -0.00530. The highest BCUT2D eigenvalue weighted by atomic mass is 16.3. The van der Waals surface area contributed by atoms with Gasteiger partial charge in [0.15, 0.2) is 0 Å². The van der Waals surface area contributed by atoms with Gasteiger partial charge in [-0.3, -0.25) is 0 Å². The predicted molar refractivity (Wildman–Crippen MR) is 128 cm³/mol. The molecule has 8 unspecified atom stereocenters. The number of allylic oxidation sites excluding steroid dienone is 2. The first-order valence-corrected chi connectivity index (χ1v) is 13.4. The normalized spacial score (nSPS) is 45.7.